The van der Waals surface area contributed by atoms with Gasteiger partial charge in [-0.25, -0.2) is 8.78 Å². The smallest absolute Gasteiger partial charge is 0.133 e. The highest BCUT2D eigenvalue weighted by Gasteiger charge is 2.08. The predicted octanol–water partition coefficient (Wildman–Crippen LogP) is 4.24. The van der Waals surface area contributed by atoms with E-state index < -0.39 is 11.6 Å². The Kier molecular flexibility index (Phi) is 4.50. The van der Waals surface area contributed by atoms with Crippen LogP contribution in [0.2, 0.25) is 0 Å². The maximum Gasteiger partial charge on any atom is 0.133 e. The summed E-state index contributed by atoms with van der Waals surface area (Å²) in [6.07, 6.45) is 0. The lowest BCUT2D eigenvalue weighted by Gasteiger charge is -2.11. The van der Waals surface area contributed by atoms with E-state index in [2.05, 4.69) is 21.2 Å². The van der Waals surface area contributed by atoms with E-state index in [0.29, 0.717) is 12.3 Å². The molecule has 2 aromatic rings. The van der Waals surface area contributed by atoms with Gasteiger partial charge in [-0.05, 0) is 19.2 Å². The third-order valence-electron chi connectivity index (χ3n) is 2.46. The first-order valence-corrected chi connectivity index (χ1v) is 6.45. The molecule has 0 fully saturated rings. The Morgan fingerprint density at radius 3 is 2.42 bits per heavy atom. The molecule has 0 saturated carbocycles. The van der Waals surface area contributed by atoms with Crippen molar-refractivity contribution >= 4 is 15.9 Å². The Hall–Kier alpha value is -1.46. The predicted molar refractivity (Wildman–Crippen MR) is 73.3 cm³/mol. The summed E-state index contributed by atoms with van der Waals surface area (Å²) < 4.78 is 32.6. The van der Waals surface area contributed by atoms with Crippen molar-refractivity contribution in [3.8, 4) is 11.5 Å². The monoisotopic (exact) mass is 327 g/mol. The van der Waals surface area contributed by atoms with Crippen molar-refractivity contribution in [2.24, 2.45) is 0 Å². The number of rotatable bonds is 4. The summed E-state index contributed by atoms with van der Waals surface area (Å²) in [6.45, 7) is 0.598. The van der Waals surface area contributed by atoms with Gasteiger partial charge in [-0.1, -0.05) is 22.0 Å². The molecular weight excluding hydrogens is 316 g/mol. The van der Waals surface area contributed by atoms with Crippen molar-refractivity contribution in [2.45, 2.75) is 6.54 Å². The third-order valence-corrected chi connectivity index (χ3v) is 2.95. The molecule has 0 spiro atoms. The van der Waals surface area contributed by atoms with Crippen molar-refractivity contribution in [1.82, 2.24) is 5.32 Å². The fraction of sp³-hybridized carbons (Fsp3) is 0.143. The standard InChI is InChI=1S/C14H12BrF2NO/c1-18-8-9-2-3-10(15)4-14(9)19-13-6-11(16)5-12(17)7-13/h2-7,18H,8H2,1H3. The second-order valence-corrected chi connectivity index (χ2v) is 4.91. The van der Waals surface area contributed by atoms with Gasteiger partial charge in [-0.2, -0.15) is 0 Å². The molecule has 0 unspecified atom stereocenters. The van der Waals surface area contributed by atoms with E-state index in [1.165, 1.54) is 0 Å². The zero-order valence-corrected chi connectivity index (χ0v) is 11.8. The van der Waals surface area contributed by atoms with Crippen LogP contribution in [0.25, 0.3) is 0 Å². The van der Waals surface area contributed by atoms with Crippen LogP contribution in [0.1, 0.15) is 5.56 Å². The van der Waals surface area contributed by atoms with Crippen LogP contribution in [-0.4, -0.2) is 7.05 Å². The molecule has 19 heavy (non-hydrogen) atoms. The number of halogens is 3. The molecule has 0 radical (unpaired) electrons. The Labute approximate surface area is 118 Å². The zero-order chi connectivity index (χ0) is 13.8. The van der Waals surface area contributed by atoms with Gasteiger partial charge in [0.25, 0.3) is 0 Å². The molecule has 0 heterocycles. The summed E-state index contributed by atoms with van der Waals surface area (Å²) in [5.74, 6) is -0.651. The fourth-order valence-corrected chi connectivity index (χ4v) is 2.01. The van der Waals surface area contributed by atoms with E-state index >= 15 is 0 Å². The topological polar surface area (TPSA) is 21.3 Å². The van der Waals surface area contributed by atoms with Crippen LogP contribution in [-0.2, 0) is 6.54 Å². The van der Waals surface area contributed by atoms with Crippen molar-refractivity contribution in [3.63, 3.8) is 0 Å². The molecule has 0 amide bonds. The third kappa shape index (κ3) is 3.75. The Morgan fingerprint density at radius 1 is 1.11 bits per heavy atom. The van der Waals surface area contributed by atoms with Gasteiger partial charge in [0.1, 0.15) is 23.1 Å². The number of nitrogens with one attached hydrogen (secondary N) is 1. The molecule has 5 heteroatoms. The average Bonchev–Trinajstić information content (AvgIpc) is 2.31. The lowest BCUT2D eigenvalue weighted by Crippen LogP contribution is -2.06. The molecule has 2 nitrogen and oxygen atoms in total. The second-order valence-electron chi connectivity index (χ2n) is 3.99. The molecule has 2 rings (SSSR count). The van der Waals surface area contributed by atoms with E-state index in [9.17, 15) is 8.78 Å². The molecule has 0 aliphatic heterocycles. The summed E-state index contributed by atoms with van der Waals surface area (Å²) in [5, 5.41) is 3.01. The van der Waals surface area contributed by atoms with Gasteiger partial charge in [-0.15, -0.1) is 0 Å². The van der Waals surface area contributed by atoms with Crippen molar-refractivity contribution in [2.75, 3.05) is 7.05 Å². The highest BCUT2D eigenvalue weighted by molar-refractivity contribution is 9.10. The number of ether oxygens (including phenoxy) is 1. The van der Waals surface area contributed by atoms with Gasteiger partial charge in [0.05, 0.1) is 0 Å². The SMILES string of the molecule is CNCc1ccc(Br)cc1Oc1cc(F)cc(F)c1. The molecule has 100 valence electrons. The van der Waals surface area contributed by atoms with Gasteiger partial charge in [0, 0.05) is 34.8 Å². The summed E-state index contributed by atoms with van der Waals surface area (Å²) in [4.78, 5) is 0. The lowest BCUT2D eigenvalue weighted by molar-refractivity contribution is 0.461. The minimum absolute atomic E-state index is 0.132. The molecule has 1 N–H and O–H groups in total. The van der Waals surface area contributed by atoms with E-state index in [1.54, 1.807) is 6.07 Å². The first-order chi connectivity index (χ1) is 9.08. The normalized spacial score (nSPS) is 10.5. The van der Waals surface area contributed by atoms with E-state index in [-0.39, 0.29) is 5.75 Å². The molecule has 0 atom stereocenters. The van der Waals surface area contributed by atoms with Crippen LogP contribution < -0.4 is 10.1 Å². The van der Waals surface area contributed by atoms with Crippen LogP contribution in [0, 0.1) is 11.6 Å². The van der Waals surface area contributed by atoms with Gasteiger partial charge in [0.2, 0.25) is 0 Å². The maximum atomic E-state index is 13.1. The fourth-order valence-electron chi connectivity index (χ4n) is 1.67. The zero-order valence-electron chi connectivity index (χ0n) is 10.2. The summed E-state index contributed by atoms with van der Waals surface area (Å²) in [5.41, 5.74) is 0.898. The number of benzene rings is 2. The summed E-state index contributed by atoms with van der Waals surface area (Å²) >= 11 is 3.34. The summed E-state index contributed by atoms with van der Waals surface area (Å²) in [6, 6.07) is 8.62. The molecule has 0 aliphatic rings. The second kappa shape index (κ2) is 6.12. The van der Waals surface area contributed by atoms with Gasteiger partial charge in [0.15, 0.2) is 0 Å². The summed E-state index contributed by atoms with van der Waals surface area (Å²) in [7, 11) is 1.81. The Balaban J connectivity index is 2.33. The molecule has 0 saturated heterocycles. The van der Waals surface area contributed by atoms with Crippen LogP contribution in [0.5, 0.6) is 11.5 Å². The molecular formula is C14H12BrF2NO. The van der Waals surface area contributed by atoms with Gasteiger partial charge >= 0.3 is 0 Å². The van der Waals surface area contributed by atoms with Crippen LogP contribution in [0.15, 0.2) is 40.9 Å². The highest BCUT2D eigenvalue weighted by Crippen LogP contribution is 2.29. The largest absolute Gasteiger partial charge is 0.457 e. The maximum absolute atomic E-state index is 13.1. The van der Waals surface area contributed by atoms with Crippen LogP contribution >= 0.6 is 15.9 Å². The lowest BCUT2D eigenvalue weighted by atomic mass is 10.2. The quantitative estimate of drug-likeness (QED) is 0.906. The number of hydrogen-bond donors (Lipinski definition) is 1. The molecule has 0 aromatic heterocycles. The Bertz CT molecular complexity index is 569. The Morgan fingerprint density at radius 2 is 1.79 bits per heavy atom. The first kappa shape index (κ1) is 14.0. The molecule has 0 aliphatic carbocycles. The minimum Gasteiger partial charge on any atom is -0.457 e. The van der Waals surface area contributed by atoms with Crippen LogP contribution in [0.3, 0.4) is 0 Å². The van der Waals surface area contributed by atoms with Crippen molar-refractivity contribution < 1.29 is 13.5 Å². The highest BCUT2D eigenvalue weighted by atomic mass is 79.9. The van der Waals surface area contributed by atoms with Crippen molar-refractivity contribution in [3.05, 3.63) is 58.1 Å². The van der Waals surface area contributed by atoms with E-state index in [4.69, 9.17) is 4.74 Å². The molecule has 2 aromatic carbocycles. The average molecular weight is 328 g/mol. The van der Waals surface area contributed by atoms with E-state index in [1.807, 2.05) is 19.2 Å². The number of hydrogen-bond acceptors (Lipinski definition) is 2. The van der Waals surface area contributed by atoms with Gasteiger partial charge in [-0.3, -0.25) is 0 Å². The van der Waals surface area contributed by atoms with Crippen molar-refractivity contribution in [1.29, 1.82) is 0 Å². The minimum atomic E-state index is -0.667. The van der Waals surface area contributed by atoms with Crippen LogP contribution in [0.4, 0.5) is 8.78 Å². The first-order valence-electron chi connectivity index (χ1n) is 5.65. The van der Waals surface area contributed by atoms with Gasteiger partial charge < -0.3 is 10.1 Å². The molecule has 0 bridgehead atoms. The van der Waals surface area contributed by atoms with E-state index in [0.717, 1.165) is 28.2 Å².